The Balaban J connectivity index is 1.48. The monoisotopic (exact) mass is 395 g/mol. The number of anilines is 1. The second-order valence-electron chi connectivity index (χ2n) is 5.97. The zero-order chi connectivity index (χ0) is 19.5. The van der Waals surface area contributed by atoms with Gasteiger partial charge in [0, 0.05) is 12.3 Å². The summed E-state index contributed by atoms with van der Waals surface area (Å²) < 4.78 is 13.5. The Bertz CT molecular complexity index is 1190. The molecule has 3 heterocycles. The largest absolute Gasteiger partial charge is 0.494 e. The van der Waals surface area contributed by atoms with E-state index in [1.807, 2.05) is 25.1 Å². The van der Waals surface area contributed by atoms with Crippen LogP contribution in [0.15, 0.2) is 63.9 Å². The van der Waals surface area contributed by atoms with E-state index in [2.05, 4.69) is 10.3 Å². The number of nitrogens with zero attached hydrogens (tertiary/aromatic N) is 2. The van der Waals surface area contributed by atoms with Crippen molar-refractivity contribution in [1.29, 1.82) is 0 Å². The van der Waals surface area contributed by atoms with Crippen molar-refractivity contribution >= 4 is 32.6 Å². The molecule has 7 nitrogen and oxygen atoms in total. The van der Waals surface area contributed by atoms with Gasteiger partial charge in [0.05, 0.1) is 23.4 Å². The lowest BCUT2D eigenvalue weighted by molar-refractivity contribution is 0.0994. The van der Waals surface area contributed by atoms with Crippen molar-refractivity contribution in [3.05, 3.63) is 76.6 Å². The second-order valence-corrected chi connectivity index (χ2v) is 7.00. The highest BCUT2D eigenvalue weighted by Gasteiger charge is 2.14. The summed E-state index contributed by atoms with van der Waals surface area (Å²) in [6.07, 6.45) is 1.67. The van der Waals surface area contributed by atoms with E-state index in [1.165, 1.54) is 22.0 Å². The molecule has 0 atom stereocenters. The minimum atomic E-state index is -0.393. The molecule has 0 unspecified atom stereocenters. The maximum Gasteiger partial charge on any atom is 0.293 e. The van der Waals surface area contributed by atoms with E-state index in [0.29, 0.717) is 17.5 Å². The van der Waals surface area contributed by atoms with Crippen LogP contribution in [0.2, 0.25) is 0 Å². The van der Waals surface area contributed by atoms with Crippen molar-refractivity contribution < 1.29 is 13.9 Å². The van der Waals surface area contributed by atoms with Gasteiger partial charge in [-0.1, -0.05) is 17.4 Å². The highest BCUT2D eigenvalue weighted by Crippen LogP contribution is 2.29. The van der Waals surface area contributed by atoms with Crippen LogP contribution < -0.4 is 15.6 Å². The number of rotatable bonds is 6. The summed E-state index contributed by atoms with van der Waals surface area (Å²) in [5.41, 5.74) is 0.651. The lowest BCUT2D eigenvalue weighted by Gasteiger charge is -2.02. The van der Waals surface area contributed by atoms with E-state index >= 15 is 0 Å². The Hall–Kier alpha value is -3.39. The molecule has 0 bridgehead atoms. The number of ether oxygens (including phenoxy) is 1. The molecule has 3 aromatic heterocycles. The van der Waals surface area contributed by atoms with Crippen molar-refractivity contribution in [2.45, 2.75) is 13.5 Å². The standard InChI is InChI=1S/C20H17N3O4S/c1-2-26-13-6-8-15-17(11-13)28-20(21-15)22-19(25)16-9-7-14(27-16)12-23-10-4-3-5-18(23)24/h3-11H,2,12H2,1H3,(H,21,22,25). The zero-order valence-corrected chi connectivity index (χ0v) is 15.9. The van der Waals surface area contributed by atoms with Crippen LogP contribution in [0.1, 0.15) is 23.2 Å². The van der Waals surface area contributed by atoms with Crippen molar-refractivity contribution in [1.82, 2.24) is 9.55 Å². The number of nitrogens with one attached hydrogen (secondary N) is 1. The van der Waals surface area contributed by atoms with E-state index in [9.17, 15) is 9.59 Å². The summed E-state index contributed by atoms with van der Waals surface area (Å²) in [7, 11) is 0. The number of furan rings is 1. The predicted molar refractivity (Wildman–Crippen MR) is 107 cm³/mol. The van der Waals surface area contributed by atoms with Crippen molar-refractivity contribution in [2.24, 2.45) is 0 Å². The highest BCUT2D eigenvalue weighted by molar-refractivity contribution is 7.22. The molecule has 4 aromatic rings. The van der Waals surface area contributed by atoms with Gasteiger partial charge in [-0.3, -0.25) is 14.9 Å². The SMILES string of the molecule is CCOc1ccc2nc(NC(=O)c3ccc(Cn4ccccc4=O)o3)sc2c1. The summed E-state index contributed by atoms with van der Waals surface area (Å²) in [5.74, 6) is 1.05. The van der Waals surface area contributed by atoms with Crippen LogP contribution in [0.5, 0.6) is 5.75 Å². The van der Waals surface area contributed by atoms with E-state index in [4.69, 9.17) is 9.15 Å². The fourth-order valence-corrected chi connectivity index (χ4v) is 3.61. The molecule has 0 saturated carbocycles. The Morgan fingerprint density at radius 2 is 2.14 bits per heavy atom. The van der Waals surface area contributed by atoms with Gasteiger partial charge in [0.2, 0.25) is 0 Å². The van der Waals surface area contributed by atoms with Crippen molar-refractivity contribution in [2.75, 3.05) is 11.9 Å². The molecule has 1 aromatic carbocycles. The Labute approximate surface area is 164 Å². The van der Waals surface area contributed by atoms with Gasteiger partial charge < -0.3 is 13.7 Å². The van der Waals surface area contributed by atoms with Crippen LogP contribution in [-0.2, 0) is 6.54 Å². The third-order valence-corrected chi connectivity index (χ3v) is 4.94. The molecule has 0 saturated heterocycles. The molecule has 8 heteroatoms. The summed E-state index contributed by atoms with van der Waals surface area (Å²) in [6.45, 7) is 2.77. The number of aromatic nitrogens is 2. The number of amides is 1. The summed E-state index contributed by atoms with van der Waals surface area (Å²) >= 11 is 1.36. The third-order valence-electron chi connectivity index (χ3n) is 4.00. The van der Waals surface area contributed by atoms with Gasteiger partial charge in [-0.2, -0.15) is 0 Å². The first-order valence-electron chi connectivity index (χ1n) is 8.71. The first kappa shape index (κ1) is 18.0. The number of thiazole rings is 1. The van der Waals surface area contributed by atoms with E-state index in [0.717, 1.165) is 16.0 Å². The Morgan fingerprint density at radius 3 is 2.96 bits per heavy atom. The second kappa shape index (κ2) is 7.69. The fraction of sp³-hybridized carbons (Fsp3) is 0.150. The van der Waals surface area contributed by atoms with Crippen LogP contribution in [0.3, 0.4) is 0 Å². The van der Waals surface area contributed by atoms with Crippen molar-refractivity contribution in [3.8, 4) is 5.75 Å². The summed E-state index contributed by atoms with van der Waals surface area (Å²) in [6, 6.07) is 13.8. The number of carbonyl (C=O) groups is 1. The number of fused-ring (bicyclic) bond motifs is 1. The minimum Gasteiger partial charge on any atom is -0.494 e. The molecule has 0 radical (unpaired) electrons. The lowest BCUT2D eigenvalue weighted by Crippen LogP contribution is -2.18. The molecule has 1 N–H and O–H groups in total. The van der Waals surface area contributed by atoms with Gasteiger partial charge in [0.15, 0.2) is 10.9 Å². The third kappa shape index (κ3) is 3.81. The highest BCUT2D eigenvalue weighted by atomic mass is 32.1. The van der Waals surface area contributed by atoms with Crippen LogP contribution in [0.25, 0.3) is 10.2 Å². The number of hydrogen-bond acceptors (Lipinski definition) is 6. The topological polar surface area (TPSA) is 86.4 Å². The molecular formula is C20H17N3O4S. The first-order chi connectivity index (χ1) is 13.6. The predicted octanol–water partition coefficient (Wildman–Crippen LogP) is 3.75. The zero-order valence-electron chi connectivity index (χ0n) is 15.0. The van der Waals surface area contributed by atoms with Crippen LogP contribution in [0, 0.1) is 0 Å². The molecule has 0 aliphatic heterocycles. The van der Waals surface area contributed by atoms with Crippen LogP contribution >= 0.6 is 11.3 Å². The normalized spacial score (nSPS) is 10.9. The Kier molecular flexibility index (Phi) is 4.94. The molecule has 0 spiro atoms. The number of hydrogen-bond donors (Lipinski definition) is 1. The fourth-order valence-electron chi connectivity index (χ4n) is 2.72. The molecule has 0 fully saturated rings. The number of carbonyl (C=O) groups excluding carboxylic acids is 1. The molecule has 28 heavy (non-hydrogen) atoms. The number of benzene rings is 1. The summed E-state index contributed by atoms with van der Waals surface area (Å²) in [5, 5.41) is 3.23. The average molecular weight is 395 g/mol. The maximum atomic E-state index is 12.5. The van der Waals surface area contributed by atoms with Gasteiger partial charge in [0.25, 0.3) is 11.5 Å². The minimum absolute atomic E-state index is 0.134. The lowest BCUT2D eigenvalue weighted by atomic mass is 10.3. The van der Waals surface area contributed by atoms with Crippen LogP contribution in [0.4, 0.5) is 5.13 Å². The van der Waals surface area contributed by atoms with Gasteiger partial charge in [-0.15, -0.1) is 0 Å². The quantitative estimate of drug-likeness (QED) is 0.537. The number of pyridine rings is 1. The molecule has 0 aliphatic rings. The molecule has 4 rings (SSSR count). The van der Waals surface area contributed by atoms with Crippen molar-refractivity contribution in [3.63, 3.8) is 0 Å². The molecule has 0 aliphatic carbocycles. The Morgan fingerprint density at radius 1 is 1.25 bits per heavy atom. The van der Waals surface area contributed by atoms with E-state index < -0.39 is 5.91 Å². The van der Waals surface area contributed by atoms with E-state index in [1.54, 1.807) is 30.5 Å². The van der Waals surface area contributed by atoms with E-state index in [-0.39, 0.29) is 17.9 Å². The van der Waals surface area contributed by atoms with Gasteiger partial charge in [0.1, 0.15) is 11.5 Å². The van der Waals surface area contributed by atoms with Crippen LogP contribution in [-0.4, -0.2) is 22.1 Å². The van der Waals surface area contributed by atoms with Gasteiger partial charge in [-0.05, 0) is 43.3 Å². The molecule has 1 amide bonds. The van der Waals surface area contributed by atoms with Gasteiger partial charge >= 0.3 is 0 Å². The van der Waals surface area contributed by atoms with Gasteiger partial charge in [-0.25, -0.2) is 4.98 Å². The average Bonchev–Trinajstić information content (AvgIpc) is 3.30. The summed E-state index contributed by atoms with van der Waals surface area (Å²) in [4.78, 5) is 28.7. The molecule has 142 valence electrons. The maximum absolute atomic E-state index is 12.5. The first-order valence-corrected chi connectivity index (χ1v) is 9.53. The smallest absolute Gasteiger partial charge is 0.293 e. The molecular weight excluding hydrogens is 378 g/mol.